The molecule has 0 unspecified atom stereocenters. The summed E-state index contributed by atoms with van der Waals surface area (Å²) in [7, 11) is -7.93. The van der Waals surface area contributed by atoms with E-state index in [1.165, 1.54) is 31.3 Å². The summed E-state index contributed by atoms with van der Waals surface area (Å²) in [6.07, 6.45) is -8.98. The molecule has 5 aromatic heterocycles. The van der Waals surface area contributed by atoms with Crippen LogP contribution >= 0.6 is 19.4 Å². The molecule has 5 heterocycles. The van der Waals surface area contributed by atoms with Crippen LogP contribution < -0.4 is 20.1 Å². The molecule has 0 aliphatic heterocycles. The first-order chi connectivity index (χ1) is 42.1. The maximum absolute atomic E-state index is 15.8. The van der Waals surface area contributed by atoms with Gasteiger partial charge in [0.25, 0.3) is 17.9 Å². The number of hydrogen-bond donors (Lipinski definition) is 4. The minimum Gasteiger partial charge on any atom is -0.480 e. The smallest absolute Gasteiger partial charge is 0.472 e. The van der Waals surface area contributed by atoms with Gasteiger partial charge >= 0.3 is 32.1 Å². The van der Waals surface area contributed by atoms with Crippen molar-refractivity contribution < 1.29 is 95.8 Å². The molecule has 2 aliphatic carbocycles. The number of fused-ring (bicyclic) bond motifs is 5. The van der Waals surface area contributed by atoms with Crippen molar-refractivity contribution in [1.29, 1.82) is 0 Å². The molecule has 8 aromatic rings. The van der Waals surface area contributed by atoms with Crippen molar-refractivity contribution in [3.05, 3.63) is 152 Å². The fraction of sp³-hybridized carbons (Fsp3) is 0.283. The van der Waals surface area contributed by atoms with Gasteiger partial charge in [-0.1, -0.05) is 29.8 Å². The number of carboxylic acid groups (broad SMARTS) is 1. The van der Waals surface area contributed by atoms with Gasteiger partial charge in [-0.15, -0.1) is 0 Å². The number of amides is 4. The van der Waals surface area contributed by atoms with Gasteiger partial charge < -0.3 is 24.9 Å². The number of hydrogen-bond acceptors (Lipinski definition) is 15. The highest BCUT2D eigenvalue weighted by Gasteiger charge is 2.67. The molecule has 37 heteroatoms. The Morgan fingerprint density at radius 2 is 1.68 bits per heavy atom. The molecule has 0 spiro atoms. The van der Waals surface area contributed by atoms with E-state index in [9.17, 15) is 59.2 Å². The Morgan fingerprint density at radius 3 is 2.33 bits per heavy atom. The summed E-state index contributed by atoms with van der Waals surface area (Å²) in [5, 5.41) is 19.0. The number of carbonyl (C=O) groups is 4. The molecular weight excluding hydrogens is 1280 g/mol. The normalized spacial score (nSPS) is 15.6. The number of urea groups is 1. The van der Waals surface area contributed by atoms with Crippen molar-refractivity contribution in [2.24, 2.45) is 13.0 Å². The Bertz CT molecular complexity index is 4490. The van der Waals surface area contributed by atoms with Crippen LogP contribution in [0.2, 0.25) is 5.02 Å². The van der Waals surface area contributed by atoms with Crippen LogP contribution in [0.1, 0.15) is 64.4 Å². The second-order valence-electron chi connectivity index (χ2n) is 20.5. The molecule has 1 saturated carbocycles. The molecule has 25 nitrogen and oxygen atoms in total. The Morgan fingerprint density at radius 1 is 0.967 bits per heavy atom. The standard InChI is InChI=1S/C53H43ClF9N12O13PS/c1-70(46-26(6-5-13-64-46)20-72(22-39(77)78)51(81)87-23-88-89(82,83)84)50(80)75(90(3,85)86)48-41-32(54)11-12-36(43(41)71(2)69-48)74-47(67-34-17-25(9-10-29(34)49(74)79)33-7-4-8-37(65-33)53(61,62)63)35(16-24-14-27(55)18-28(56)15-24)66-38(76)21-73-44-40(42(68-73)45(57)58)30-19-31(30)52(44,59)60/h4-15,17-18,30-31,35,45H,16,19-23H2,1-3H3,(H,66,76)(H,77,78)(H2,82,83,84)/t30-,31+,35-/m0/s1. The summed E-state index contributed by atoms with van der Waals surface area (Å²) in [5.41, 5.74) is -6.60. The lowest BCUT2D eigenvalue weighted by Crippen LogP contribution is -2.46. The Labute approximate surface area is 504 Å². The number of phosphoric acid groups is 1. The van der Waals surface area contributed by atoms with Gasteiger partial charge in [-0.3, -0.25) is 38.1 Å². The van der Waals surface area contributed by atoms with Crippen molar-refractivity contribution in [1.82, 2.24) is 49.3 Å². The van der Waals surface area contributed by atoms with Crippen LogP contribution in [0.4, 0.5) is 60.7 Å². The third-order valence-corrected chi connectivity index (χ3v) is 16.1. The van der Waals surface area contributed by atoms with Gasteiger partial charge in [0.05, 0.1) is 57.1 Å². The number of ether oxygens (including phenoxy) is 1. The maximum Gasteiger partial charge on any atom is 0.472 e. The molecule has 474 valence electrons. The van der Waals surface area contributed by atoms with Gasteiger partial charge in [-0.2, -0.15) is 36.5 Å². The Balaban J connectivity index is 1.13. The second-order valence-corrected chi connectivity index (χ2v) is 24.0. The highest BCUT2D eigenvalue weighted by atomic mass is 35.5. The summed E-state index contributed by atoms with van der Waals surface area (Å²) in [6.45, 7) is -4.45. The van der Waals surface area contributed by atoms with Crippen molar-refractivity contribution >= 4 is 86.9 Å². The van der Waals surface area contributed by atoms with Crippen LogP contribution in [0.5, 0.6) is 0 Å². The van der Waals surface area contributed by atoms with Crippen LogP contribution in [-0.4, -0.2) is 118 Å². The molecule has 0 saturated heterocycles. The molecule has 0 bridgehead atoms. The molecule has 1 fully saturated rings. The average molecular weight is 1330 g/mol. The number of anilines is 2. The zero-order chi connectivity index (χ0) is 65.4. The van der Waals surface area contributed by atoms with E-state index in [0.29, 0.717) is 32.9 Å². The Hall–Kier alpha value is -9.02. The first kappa shape index (κ1) is 64.0. The number of phosphoric ester groups is 1. The first-order valence-electron chi connectivity index (χ1n) is 26.0. The van der Waals surface area contributed by atoms with E-state index in [1.54, 1.807) is 0 Å². The van der Waals surface area contributed by atoms with Gasteiger partial charge in [-0.25, -0.2) is 59.6 Å². The lowest BCUT2D eigenvalue weighted by molar-refractivity contribution is -0.141. The number of benzene rings is 3. The number of nitrogens with one attached hydrogen (secondary N) is 1. The van der Waals surface area contributed by atoms with Crippen LogP contribution in [-0.2, 0) is 72.1 Å². The number of halogens is 10. The monoisotopic (exact) mass is 1320 g/mol. The van der Waals surface area contributed by atoms with Crippen LogP contribution in [0.15, 0.2) is 89.9 Å². The summed E-state index contributed by atoms with van der Waals surface area (Å²) in [4.78, 5) is 101. The Kier molecular flexibility index (Phi) is 16.9. The number of aliphatic carboxylic acids is 1. The lowest BCUT2D eigenvalue weighted by Gasteiger charge is -2.27. The molecule has 3 atom stereocenters. The van der Waals surface area contributed by atoms with Gasteiger partial charge in [-0.05, 0) is 72.5 Å². The van der Waals surface area contributed by atoms with Crippen LogP contribution in [0, 0.1) is 17.6 Å². The fourth-order valence-corrected chi connectivity index (χ4v) is 11.9. The minimum atomic E-state index is -5.18. The summed E-state index contributed by atoms with van der Waals surface area (Å²) < 4.78 is 183. The van der Waals surface area contributed by atoms with Crippen molar-refractivity contribution in [2.75, 3.05) is 35.8 Å². The van der Waals surface area contributed by atoms with E-state index in [2.05, 4.69) is 34.7 Å². The number of alkyl halides is 7. The number of aromatic nitrogens is 8. The van der Waals surface area contributed by atoms with Crippen molar-refractivity contribution in [2.45, 2.75) is 56.4 Å². The number of aryl methyl sites for hydroxylation is 1. The van der Waals surface area contributed by atoms with Crippen molar-refractivity contribution in [3.8, 4) is 16.9 Å². The third kappa shape index (κ3) is 12.6. The van der Waals surface area contributed by atoms with E-state index in [0.717, 1.165) is 65.0 Å². The predicted octanol–water partition coefficient (Wildman–Crippen LogP) is 8.24. The van der Waals surface area contributed by atoms with E-state index >= 15 is 22.4 Å². The van der Waals surface area contributed by atoms with Gasteiger partial charge in [0.15, 0.2) is 5.82 Å². The molecule has 4 N–H and O–H groups in total. The molecule has 0 radical (unpaired) electrons. The number of pyridine rings is 2. The largest absolute Gasteiger partial charge is 0.480 e. The highest BCUT2D eigenvalue weighted by molar-refractivity contribution is 7.92. The fourth-order valence-electron chi connectivity index (χ4n) is 10.6. The molecule has 90 heavy (non-hydrogen) atoms. The molecular formula is C53H43ClF9N12O13PS. The second kappa shape index (κ2) is 23.7. The third-order valence-electron chi connectivity index (χ3n) is 14.4. The number of nitrogens with zero attached hydrogens (tertiary/aromatic N) is 11. The highest BCUT2D eigenvalue weighted by Crippen LogP contribution is 2.68. The first-order valence-corrected chi connectivity index (χ1v) is 29.7. The SMILES string of the molecule is CN(C(=O)N(c1nn(C)c2c(-n3c([C@H](Cc4cc(F)cc(F)c4)NC(=O)Cn4nc(C(F)F)c5c4C(F)(F)[C@@H]4C[C@H]54)nc4cc(-c5cccc(C(F)(F)F)n5)ccc4c3=O)ccc(Cl)c12)S(C)(=O)=O)c1ncccc1CN(CC(=O)O)C(=O)OCOP(=O)(O)O. The van der Waals surface area contributed by atoms with Gasteiger partial charge in [0, 0.05) is 55.4 Å². The minimum absolute atomic E-state index is 0.0666. The number of rotatable bonds is 19. The van der Waals surface area contributed by atoms with Crippen molar-refractivity contribution in [3.63, 3.8) is 0 Å². The van der Waals surface area contributed by atoms with E-state index in [-0.39, 0.29) is 60.2 Å². The molecule has 10 rings (SSSR count). The number of sulfonamides is 1. The average Bonchev–Trinajstić information content (AvgIpc) is 1.52. The van der Waals surface area contributed by atoms with E-state index in [4.69, 9.17) is 26.4 Å². The summed E-state index contributed by atoms with van der Waals surface area (Å²) in [5.74, 6) is -13.1. The maximum atomic E-state index is 15.8. The molecule has 3 aromatic carbocycles. The number of carboxylic acids is 1. The quantitative estimate of drug-likeness (QED) is 0.0336. The zero-order valence-electron chi connectivity index (χ0n) is 46.1. The zero-order valence-corrected chi connectivity index (χ0v) is 48.6. The van der Waals surface area contributed by atoms with Gasteiger partial charge in [0.1, 0.15) is 53.4 Å². The van der Waals surface area contributed by atoms with Crippen LogP contribution in [0.25, 0.3) is 38.8 Å². The lowest BCUT2D eigenvalue weighted by atomic mass is 10.0. The molecule has 4 amide bonds. The summed E-state index contributed by atoms with van der Waals surface area (Å²) in [6, 6.07) is 9.93. The van der Waals surface area contributed by atoms with E-state index < -0.39 is 174 Å². The predicted molar refractivity (Wildman–Crippen MR) is 296 cm³/mol. The topological polar surface area (TPSA) is 317 Å². The van der Waals surface area contributed by atoms with E-state index in [1.807, 2.05) is 0 Å². The molecule has 2 aliphatic rings. The summed E-state index contributed by atoms with van der Waals surface area (Å²) >= 11 is 6.90. The number of carbonyl (C=O) groups excluding carboxylic acids is 3. The van der Waals surface area contributed by atoms with Gasteiger partial charge in [0.2, 0.25) is 22.7 Å². The van der Waals surface area contributed by atoms with Crippen LogP contribution in [0.3, 0.4) is 0 Å².